The first-order chi connectivity index (χ1) is 13.7. The Hall–Kier alpha value is -3.74. The summed E-state index contributed by atoms with van der Waals surface area (Å²) in [6.45, 7) is 0.567. The number of rotatable bonds is 1. The van der Waals surface area contributed by atoms with Crippen molar-refractivity contribution in [3.05, 3.63) is 76.5 Å². The fourth-order valence-corrected chi connectivity index (χ4v) is 4.07. The maximum Gasteiger partial charge on any atom is 0.264 e. The summed E-state index contributed by atoms with van der Waals surface area (Å²) in [4.78, 5) is 21.3. The van der Waals surface area contributed by atoms with Gasteiger partial charge in [0.15, 0.2) is 11.5 Å². The summed E-state index contributed by atoms with van der Waals surface area (Å²) in [7, 11) is 0. The summed E-state index contributed by atoms with van der Waals surface area (Å²) in [6, 6.07) is 14.2. The molecule has 3 aromatic heterocycles. The molecule has 0 saturated carbocycles. The van der Waals surface area contributed by atoms with E-state index in [-0.39, 0.29) is 11.4 Å². The van der Waals surface area contributed by atoms with E-state index < -0.39 is 0 Å². The third-order valence-electron chi connectivity index (χ3n) is 5.36. The van der Waals surface area contributed by atoms with Crippen LogP contribution in [0.2, 0.25) is 0 Å². The molecule has 5 aromatic rings. The van der Waals surface area contributed by atoms with E-state index in [4.69, 9.17) is 4.98 Å². The molecule has 28 heavy (non-hydrogen) atoms. The highest BCUT2D eigenvalue weighted by Crippen LogP contribution is 2.33. The summed E-state index contributed by atoms with van der Waals surface area (Å²) in [5, 5.41) is 5.87. The Morgan fingerprint density at radius 1 is 1.07 bits per heavy atom. The third kappa shape index (κ3) is 1.98. The Morgan fingerprint density at radius 2 is 1.96 bits per heavy atom. The van der Waals surface area contributed by atoms with E-state index in [1.54, 1.807) is 16.7 Å². The fraction of sp³-hybridized carbons (Fsp3) is 0.0952. The van der Waals surface area contributed by atoms with E-state index in [0.29, 0.717) is 29.1 Å². The molecule has 0 bridgehead atoms. The van der Waals surface area contributed by atoms with Crippen molar-refractivity contribution in [1.82, 2.24) is 24.3 Å². The lowest BCUT2D eigenvalue weighted by Gasteiger charge is -2.18. The van der Waals surface area contributed by atoms with Gasteiger partial charge in [0, 0.05) is 17.4 Å². The zero-order valence-corrected chi connectivity index (χ0v) is 14.7. The first kappa shape index (κ1) is 15.3. The molecule has 0 saturated heterocycles. The molecular formula is C21H14FN5O. The summed E-state index contributed by atoms with van der Waals surface area (Å²) >= 11 is 0. The standard InChI is InChI=1S/C21H14FN5O/c22-12-4-3-5-13(10-12)27-19-16(11-23-27)21(28)26-9-8-15-14-6-1-2-7-17(14)24-18(15)20(26)25-19/h1-7,10-11,24H,8-9H2. The van der Waals surface area contributed by atoms with Crippen molar-refractivity contribution < 1.29 is 4.39 Å². The molecule has 0 unspecified atom stereocenters. The van der Waals surface area contributed by atoms with Crippen LogP contribution in [-0.4, -0.2) is 24.3 Å². The van der Waals surface area contributed by atoms with Crippen molar-refractivity contribution in [3.8, 4) is 17.2 Å². The average Bonchev–Trinajstić information content (AvgIpc) is 3.30. The summed E-state index contributed by atoms with van der Waals surface area (Å²) in [5.74, 6) is 0.224. The van der Waals surface area contributed by atoms with Gasteiger partial charge in [0.2, 0.25) is 0 Å². The Balaban J connectivity index is 1.67. The van der Waals surface area contributed by atoms with E-state index in [9.17, 15) is 9.18 Å². The minimum atomic E-state index is -0.367. The van der Waals surface area contributed by atoms with E-state index in [0.717, 1.165) is 23.0 Å². The molecule has 6 nitrogen and oxygen atoms in total. The summed E-state index contributed by atoms with van der Waals surface area (Å²) in [5.41, 5.74) is 3.87. The topological polar surface area (TPSA) is 68.5 Å². The highest BCUT2D eigenvalue weighted by molar-refractivity contribution is 5.91. The zero-order valence-electron chi connectivity index (χ0n) is 14.7. The van der Waals surface area contributed by atoms with Crippen molar-refractivity contribution in [2.45, 2.75) is 13.0 Å². The molecule has 2 aromatic carbocycles. The maximum atomic E-state index is 13.7. The molecule has 7 heteroatoms. The van der Waals surface area contributed by atoms with Gasteiger partial charge >= 0.3 is 0 Å². The minimum Gasteiger partial charge on any atom is -0.352 e. The van der Waals surface area contributed by atoms with Crippen LogP contribution >= 0.6 is 0 Å². The molecule has 0 radical (unpaired) electrons. The molecule has 0 fully saturated rings. The number of aromatic amines is 1. The van der Waals surface area contributed by atoms with Gasteiger partial charge in [-0.1, -0.05) is 24.3 Å². The lowest BCUT2D eigenvalue weighted by molar-refractivity contribution is 0.625. The number of nitrogens with one attached hydrogen (secondary N) is 1. The molecular weight excluding hydrogens is 357 g/mol. The number of nitrogens with zero attached hydrogens (tertiary/aromatic N) is 4. The third-order valence-corrected chi connectivity index (χ3v) is 5.36. The van der Waals surface area contributed by atoms with Crippen LogP contribution in [0.3, 0.4) is 0 Å². The molecule has 1 N–H and O–H groups in total. The Kier molecular flexibility index (Phi) is 2.95. The van der Waals surface area contributed by atoms with Gasteiger partial charge in [-0.25, -0.2) is 14.1 Å². The van der Waals surface area contributed by atoms with Gasteiger partial charge in [-0.05, 0) is 36.2 Å². The highest BCUT2D eigenvalue weighted by atomic mass is 19.1. The Bertz CT molecular complexity index is 1460. The number of fused-ring (bicyclic) bond motifs is 6. The molecule has 0 atom stereocenters. The Labute approximate surface area is 157 Å². The second-order valence-electron chi connectivity index (χ2n) is 6.94. The predicted octanol–water partition coefficient (Wildman–Crippen LogP) is 3.43. The number of aromatic nitrogens is 5. The Morgan fingerprint density at radius 3 is 2.86 bits per heavy atom. The van der Waals surface area contributed by atoms with E-state index in [1.165, 1.54) is 28.6 Å². The van der Waals surface area contributed by atoms with E-state index >= 15 is 0 Å². The minimum absolute atomic E-state index is 0.132. The first-order valence-corrected chi connectivity index (χ1v) is 9.05. The number of aryl methyl sites for hydroxylation is 1. The first-order valence-electron chi connectivity index (χ1n) is 9.05. The van der Waals surface area contributed by atoms with Gasteiger partial charge in [-0.15, -0.1) is 0 Å². The molecule has 6 rings (SSSR count). The van der Waals surface area contributed by atoms with Crippen molar-refractivity contribution in [2.24, 2.45) is 0 Å². The van der Waals surface area contributed by atoms with Crippen LogP contribution in [0, 0.1) is 5.82 Å². The van der Waals surface area contributed by atoms with Gasteiger partial charge in [-0.3, -0.25) is 9.36 Å². The summed E-state index contributed by atoms with van der Waals surface area (Å²) < 4.78 is 16.9. The van der Waals surface area contributed by atoms with Crippen LogP contribution in [-0.2, 0) is 13.0 Å². The number of hydrogen-bond donors (Lipinski definition) is 1. The van der Waals surface area contributed by atoms with Gasteiger partial charge in [0.05, 0.1) is 17.6 Å². The molecule has 0 spiro atoms. The van der Waals surface area contributed by atoms with Gasteiger partial charge in [-0.2, -0.15) is 5.10 Å². The largest absolute Gasteiger partial charge is 0.352 e. The normalized spacial score (nSPS) is 13.0. The lowest BCUT2D eigenvalue weighted by Crippen LogP contribution is -2.27. The van der Waals surface area contributed by atoms with Crippen LogP contribution in [0.5, 0.6) is 0 Å². The predicted molar refractivity (Wildman–Crippen MR) is 104 cm³/mol. The van der Waals surface area contributed by atoms with Crippen LogP contribution in [0.15, 0.2) is 59.5 Å². The number of para-hydroxylation sites is 1. The van der Waals surface area contributed by atoms with Crippen LogP contribution in [0.25, 0.3) is 39.1 Å². The van der Waals surface area contributed by atoms with Crippen LogP contribution in [0.1, 0.15) is 5.56 Å². The monoisotopic (exact) mass is 371 g/mol. The number of hydrogen-bond acceptors (Lipinski definition) is 3. The molecule has 1 aliphatic rings. The lowest BCUT2D eigenvalue weighted by atomic mass is 10.0. The molecule has 136 valence electrons. The van der Waals surface area contributed by atoms with Crippen molar-refractivity contribution >= 4 is 21.9 Å². The second-order valence-corrected chi connectivity index (χ2v) is 6.94. The molecule has 0 amide bonds. The quantitative estimate of drug-likeness (QED) is 0.491. The van der Waals surface area contributed by atoms with Gasteiger partial charge in [0.25, 0.3) is 5.56 Å². The average molecular weight is 371 g/mol. The van der Waals surface area contributed by atoms with Gasteiger partial charge in [0.1, 0.15) is 11.2 Å². The van der Waals surface area contributed by atoms with E-state index in [2.05, 4.69) is 16.1 Å². The fourth-order valence-electron chi connectivity index (χ4n) is 4.07. The van der Waals surface area contributed by atoms with Crippen LogP contribution < -0.4 is 5.56 Å². The smallest absolute Gasteiger partial charge is 0.264 e. The van der Waals surface area contributed by atoms with Crippen LogP contribution in [0.4, 0.5) is 4.39 Å². The van der Waals surface area contributed by atoms with Crippen molar-refractivity contribution in [2.75, 3.05) is 0 Å². The van der Waals surface area contributed by atoms with Crippen molar-refractivity contribution in [3.63, 3.8) is 0 Å². The van der Waals surface area contributed by atoms with Gasteiger partial charge < -0.3 is 4.98 Å². The second kappa shape index (κ2) is 5.39. The molecule has 1 aliphatic heterocycles. The number of H-pyrrole nitrogens is 1. The number of benzene rings is 2. The molecule has 4 heterocycles. The van der Waals surface area contributed by atoms with Crippen molar-refractivity contribution in [1.29, 1.82) is 0 Å². The summed E-state index contributed by atoms with van der Waals surface area (Å²) in [6.07, 6.45) is 2.26. The maximum absolute atomic E-state index is 13.7. The zero-order chi connectivity index (χ0) is 18.8. The van der Waals surface area contributed by atoms with E-state index in [1.807, 2.05) is 18.2 Å². The molecule has 0 aliphatic carbocycles. The number of halogens is 1. The SMILES string of the molecule is O=c1c2cnn(-c3cccc(F)c3)c2nc2n1CCc1c-2[nH]c2ccccc12. The highest BCUT2D eigenvalue weighted by Gasteiger charge is 2.25.